The number of aliphatic hydroxyl groups is 1. The molecule has 17 heavy (non-hydrogen) atoms. The first kappa shape index (κ1) is 12.2. The fourth-order valence-corrected chi connectivity index (χ4v) is 1.92. The predicted octanol–water partition coefficient (Wildman–Crippen LogP) is 1.40. The number of ether oxygens (including phenoxy) is 2. The lowest BCUT2D eigenvalue weighted by Crippen LogP contribution is -2.24. The SMILES string of the molecule is CC(O)(CCN)c1ccc2c(c1)OCCCO2. The third-order valence-electron chi connectivity index (χ3n) is 3.00. The van der Waals surface area contributed by atoms with Crippen molar-refractivity contribution in [2.75, 3.05) is 19.8 Å². The van der Waals surface area contributed by atoms with Crippen molar-refractivity contribution < 1.29 is 14.6 Å². The molecule has 0 aliphatic carbocycles. The maximum absolute atomic E-state index is 10.3. The Bertz CT molecular complexity index is 390. The zero-order chi connectivity index (χ0) is 12.3. The van der Waals surface area contributed by atoms with Crippen molar-refractivity contribution in [2.24, 2.45) is 5.73 Å². The number of hydrogen-bond donors (Lipinski definition) is 2. The highest BCUT2D eigenvalue weighted by Gasteiger charge is 2.24. The highest BCUT2D eigenvalue weighted by molar-refractivity contribution is 5.44. The van der Waals surface area contributed by atoms with Gasteiger partial charge in [0.1, 0.15) is 0 Å². The van der Waals surface area contributed by atoms with Gasteiger partial charge in [-0.3, -0.25) is 0 Å². The molecule has 4 heteroatoms. The van der Waals surface area contributed by atoms with E-state index in [1.807, 2.05) is 18.2 Å². The summed E-state index contributed by atoms with van der Waals surface area (Å²) in [5.41, 5.74) is 5.39. The van der Waals surface area contributed by atoms with Gasteiger partial charge < -0.3 is 20.3 Å². The van der Waals surface area contributed by atoms with Gasteiger partial charge in [0.15, 0.2) is 11.5 Å². The second-order valence-electron chi connectivity index (χ2n) is 4.52. The molecule has 2 rings (SSSR count). The Hall–Kier alpha value is -1.26. The maximum Gasteiger partial charge on any atom is 0.161 e. The van der Waals surface area contributed by atoms with Crippen LogP contribution in [0.15, 0.2) is 18.2 Å². The topological polar surface area (TPSA) is 64.7 Å². The molecule has 1 aromatic rings. The molecular weight excluding hydrogens is 218 g/mol. The van der Waals surface area contributed by atoms with Gasteiger partial charge in [0.2, 0.25) is 0 Å². The van der Waals surface area contributed by atoms with E-state index >= 15 is 0 Å². The molecule has 0 radical (unpaired) electrons. The van der Waals surface area contributed by atoms with E-state index in [0.717, 1.165) is 17.7 Å². The lowest BCUT2D eigenvalue weighted by Gasteiger charge is -2.24. The molecule has 1 aliphatic rings. The number of fused-ring (bicyclic) bond motifs is 1. The summed E-state index contributed by atoms with van der Waals surface area (Å²) in [4.78, 5) is 0. The van der Waals surface area contributed by atoms with Gasteiger partial charge in [-0.25, -0.2) is 0 Å². The van der Waals surface area contributed by atoms with Crippen molar-refractivity contribution in [3.8, 4) is 11.5 Å². The van der Waals surface area contributed by atoms with Crippen LogP contribution in [0.1, 0.15) is 25.3 Å². The quantitative estimate of drug-likeness (QED) is 0.834. The molecule has 3 N–H and O–H groups in total. The summed E-state index contributed by atoms with van der Waals surface area (Å²) in [7, 11) is 0. The van der Waals surface area contributed by atoms with Crippen molar-refractivity contribution in [3.63, 3.8) is 0 Å². The fourth-order valence-electron chi connectivity index (χ4n) is 1.92. The van der Waals surface area contributed by atoms with Crippen LogP contribution in [0.25, 0.3) is 0 Å². The average Bonchev–Trinajstić information content (AvgIpc) is 2.52. The van der Waals surface area contributed by atoms with E-state index in [2.05, 4.69) is 0 Å². The predicted molar refractivity (Wildman–Crippen MR) is 65.3 cm³/mol. The molecule has 0 saturated carbocycles. The first-order chi connectivity index (χ1) is 8.13. The summed E-state index contributed by atoms with van der Waals surface area (Å²) in [5, 5.41) is 10.3. The number of hydrogen-bond acceptors (Lipinski definition) is 4. The minimum Gasteiger partial charge on any atom is -0.490 e. The fraction of sp³-hybridized carbons (Fsp3) is 0.538. The van der Waals surface area contributed by atoms with Crippen LogP contribution >= 0.6 is 0 Å². The lowest BCUT2D eigenvalue weighted by atomic mass is 9.92. The minimum atomic E-state index is -0.917. The van der Waals surface area contributed by atoms with E-state index in [4.69, 9.17) is 15.2 Å². The molecule has 94 valence electrons. The molecule has 0 saturated heterocycles. The van der Waals surface area contributed by atoms with E-state index in [1.54, 1.807) is 6.92 Å². The second kappa shape index (κ2) is 4.94. The molecule has 0 amide bonds. The van der Waals surface area contributed by atoms with Crippen molar-refractivity contribution in [1.29, 1.82) is 0 Å². The second-order valence-corrected chi connectivity index (χ2v) is 4.52. The van der Waals surface area contributed by atoms with Crippen LogP contribution in [0.5, 0.6) is 11.5 Å². The summed E-state index contributed by atoms with van der Waals surface area (Å²) in [6.45, 7) is 3.53. The molecule has 0 spiro atoms. The van der Waals surface area contributed by atoms with E-state index in [-0.39, 0.29) is 0 Å². The van der Waals surface area contributed by atoms with Crippen LogP contribution in [0.4, 0.5) is 0 Å². The van der Waals surface area contributed by atoms with Gasteiger partial charge >= 0.3 is 0 Å². The van der Waals surface area contributed by atoms with Crippen LogP contribution in [0.3, 0.4) is 0 Å². The van der Waals surface area contributed by atoms with Crippen LogP contribution in [0, 0.1) is 0 Å². The summed E-state index contributed by atoms with van der Waals surface area (Å²) in [6, 6.07) is 5.56. The van der Waals surface area contributed by atoms with Crippen molar-refractivity contribution in [2.45, 2.75) is 25.4 Å². The third kappa shape index (κ3) is 2.70. The van der Waals surface area contributed by atoms with Gasteiger partial charge in [-0.15, -0.1) is 0 Å². The van der Waals surface area contributed by atoms with Crippen molar-refractivity contribution >= 4 is 0 Å². The van der Waals surface area contributed by atoms with Gasteiger partial charge in [-0.05, 0) is 37.6 Å². The van der Waals surface area contributed by atoms with Gasteiger partial charge in [0, 0.05) is 6.42 Å². The Morgan fingerprint density at radius 1 is 1.29 bits per heavy atom. The Labute approximate surface area is 101 Å². The maximum atomic E-state index is 10.3. The lowest BCUT2D eigenvalue weighted by molar-refractivity contribution is 0.0501. The molecular formula is C13H19NO3. The smallest absolute Gasteiger partial charge is 0.161 e. The zero-order valence-electron chi connectivity index (χ0n) is 10.1. The van der Waals surface area contributed by atoms with Gasteiger partial charge in [-0.1, -0.05) is 6.07 Å². The molecule has 1 unspecified atom stereocenters. The van der Waals surface area contributed by atoms with E-state index < -0.39 is 5.60 Å². The normalized spacial score (nSPS) is 18.3. The Morgan fingerprint density at radius 3 is 2.71 bits per heavy atom. The Kier molecular flexibility index (Phi) is 3.54. The Morgan fingerprint density at radius 2 is 2.00 bits per heavy atom. The van der Waals surface area contributed by atoms with Crippen LogP contribution < -0.4 is 15.2 Å². The van der Waals surface area contributed by atoms with E-state index in [0.29, 0.717) is 31.9 Å². The highest BCUT2D eigenvalue weighted by Crippen LogP contribution is 2.34. The van der Waals surface area contributed by atoms with Gasteiger partial charge in [0.05, 0.1) is 18.8 Å². The average molecular weight is 237 g/mol. The molecule has 1 heterocycles. The Balaban J connectivity index is 2.29. The number of rotatable bonds is 3. The molecule has 1 aromatic carbocycles. The monoisotopic (exact) mass is 237 g/mol. The van der Waals surface area contributed by atoms with Crippen LogP contribution in [-0.4, -0.2) is 24.9 Å². The highest BCUT2D eigenvalue weighted by atomic mass is 16.5. The van der Waals surface area contributed by atoms with Crippen molar-refractivity contribution in [1.82, 2.24) is 0 Å². The largest absolute Gasteiger partial charge is 0.490 e. The van der Waals surface area contributed by atoms with E-state index in [1.165, 1.54) is 0 Å². The standard InChI is InChI=1S/C13H19NO3/c1-13(15,5-6-14)10-3-4-11-12(9-10)17-8-2-7-16-11/h3-4,9,15H,2,5-8,14H2,1H3. The zero-order valence-corrected chi connectivity index (χ0v) is 10.1. The molecule has 4 nitrogen and oxygen atoms in total. The summed E-state index contributed by atoms with van der Waals surface area (Å²) >= 11 is 0. The van der Waals surface area contributed by atoms with Gasteiger partial charge in [0.25, 0.3) is 0 Å². The molecule has 1 aliphatic heterocycles. The third-order valence-corrected chi connectivity index (χ3v) is 3.00. The van der Waals surface area contributed by atoms with E-state index in [9.17, 15) is 5.11 Å². The molecule has 0 bridgehead atoms. The number of benzene rings is 1. The number of nitrogens with two attached hydrogens (primary N) is 1. The van der Waals surface area contributed by atoms with Crippen molar-refractivity contribution in [3.05, 3.63) is 23.8 Å². The molecule has 0 fully saturated rings. The van der Waals surface area contributed by atoms with Crippen LogP contribution in [-0.2, 0) is 5.60 Å². The molecule has 1 atom stereocenters. The van der Waals surface area contributed by atoms with Crippen LogP contribution in [0.2, 0.25) is 0 Å². The summed E-state index contributed by atoms with van der Waals surface area (Å²) in [6.07, 6.45) is 1.40. The molecule has 0 aromatic heterocycles. The first-order valence-electron chi connectivity index (χ1n) is 5.96. The summed E-state index contributed by atoms with van der Waals surface area (Å²) < 4.78 is 11.1. The van der Waals surface area contributed by atoms with Gasteiger partial charge in [-0.2, -0.15) is 0 Å². The first-order valence-corrected chi connectivity index (χ1v) is 5.96. The minimum absolute atomic E-state index is 0.446. The summed E-state index contributed by atoms with van der Waals surface area (Å²) in [5.74, 6) is 1.45.